The minimum absolute atomic E-state index is 0.360. The zero-order valence-electron chi connectivity index (χ0n) is 11.4. The van der Waals surface area contributed by atoms with E-state index < -0.39 is 11.7 Å². The third-order valence-corrected chi connectivity index (χ3v) is 3.13. The first-order valence-corrected chi connectivity index (χ1v) is 6.66. The fourth-order valence-electron chi connectivity index (χ4n) is 1.88. The van der Waals surface area contributed by atoms with Gasteiger partial charge in [-0.3, -0.25) is 9.59 Å². The summed E-state index contributed by atoms with van der Waals surface area (Å²) >= 11 is 0. The lowest BCUT2D eigenvalue weighted by atomic mass is 10.1. The van der Waals surface area contributed by atoms with E-state index in [0.29, 0.717) is 12.1 Å². The molecule has 3 heteroatoms. The third kappa shape index (κ3) is 3.54. The SMILES string of the molecule is CCc1ccc(C(=O)C(=O)NCc2ccccc2)cc1. The highest BCUT2D eigenvalue weighted by atomic mass is 16.2. The number of Topliss-reactive ketones (excluding diaryl/α,β-unsaturated/α-hetero) is 1. The zero-order valence-corrected chi connectivity index (χ0v) is 11.4. The summed E-state index contributed by atoms with van der Waals surface area (Å²) in [5.41, 5.74) is 2.54. The monoisotopic (exact) mass is 267 g/mol. The molecule has 1 N–H and O–H groups in total. The fraction of sp³-hybridized carbons (Fsp3) is 0.176. The Labute approximate surface area is 118 Å². The minimum Gasteiger partial charge on any atom is -0.345 e. The number of amides is 1. The van der Waals surface area contributed by atoms with Crippen molar-refractivity contribution in [3.05, 3.63) is 71.3 Å². The highest BCUT2D eigenvalue weighted by molar-refractivity contribution is 6.42. The van der Waals surface area contributed by atoms with Crippen LogP contribution in [0.2, 0.25) is 0 Å². The Morgan fingerprint density at radius 3 is 2.15 bits per heavy atom. The van der Waals surface area contributed by atoms with Gasteiger partial charge in [0.25, 0.3) is 5.91 Å². The van der Waals surface area contributed by atoms with Crippen LogP contribution in [0.4, 0.5) is 0 Å². The van der Waals surface area contributed by atoms with Gasteiger partial charge in [0, 0.05) is 12.1 Å². The number of carbonyl (C=O) groups excluding carboxylic acids is 2. The highest BCUT2D eigenvalue weighted by Crippen LogP contribution is 2.06. The lowest BCUT2D eigenvalue weighted by Gasteiger charge is -2.05. The van der Waals surface area contributed by atoms with Crippen molar-refractivity contribution in [2.75, 3.05) is 0 Å². The van der Waals surface area contributed by atoms with Crippen LogP contribution in [0.5, 0.6) is 0 Å². The molecule has 0 heterocycles. The summed E-state index contributed by atoms with van der Waals surface area (Å²) in [5, 5.41) is 2.64. The number of nitrogens with one attached hydrogen (secondary N) is 1. The van der Waals surface area contributed by atoms with Crippen LogP contribution < -0.4 is 5.32 Å². The molecule has 20 heavy (non-hydrogen) atoms. The van der Waals surface area contributed by atoms with Gasteiger partial charge in [-0.1, -0.05) is 61.5 Å². The van der Waals surface area contributed by atoms with Crippen molar-refractivity contribution in [3.63, 3.8) is 0 Å². The van der Waals surface area contributed by atoms with Gasteiger partial charge in [-0.05, 0) is 17.5 Å². The minimum atomic E-state index is -0.571. The Balaban J connectivity index is 1.96. The normalized spacial score (nSPS) is 10.1. The van der Waals surface area contributed by atoms with Crippen LogP contribution in [0.25, 0.3) is 0 Å². The van der Waals surface area contributed by atoms with E-state index in [0.717, 1.165) is 17.5 Å². The van der Waals surface area contributed by atoms with Gasteiger partial charge in [-0.25, -0.2) is 0 Å². The van der Waals surface area contributed by atoms with E-state index in [1.165, 1.54) is 0 Å². The van der Waals surface area contributed by atoms with E-state index in [2.05, 4.69) is 5.32 Å². The van der Waals surface area contributed by atoms with Crippen LogP contribution in [0, 0.1) is 0 Å². The molecule has 2 aromatic rings. The van der Waals surface area contributed by atoms with Gasteiger partial charge in [-0.2, -0.15) is 0 Å². The first-order valence-electron chi connectivity index (χ1n) is 6.66. The largest absolute Gasteiger partial charge is 0.345 e. The molecule has 2 aromatic carbocycles. The lowest BCUT2D eigenvalue weighted by Crippen LogP contribution is -2.30. The molecule has 0 saturated heterocycles. The Kier molecular flexibility index (Phi) is 4.66. The van der Waals surface area contributed by atoms with Crippen LogP contribution in [0.15, 0.2) is 54.6 Å². The van der Waals surface area contributed by atoms with Crippen LogP contribution in [0.3, 0.4) is 0 Å². The maximum Gasteiger partial charge on any atom is 0.292 e. The van der Waals surface area contributed by atoms with E-state index >= 15 is 0 Å². The first kappa shape index (κ1) is 14.0. The second-order valence-electron chi connectivity index (χ2n) is 4.55. The molecule has 0 aliphatic rings. The quantitative estimate of drug-likeness (QED) is 0.669. The van der Waals surface area contributed by atoms with Crippen LogP contribution in [0.1, 0.15) is 28.4 Å². The summed E-state index contributed by atoms with van der Waals surface area (Å²) in [5.74, 6) is -1.07. The Morgan fingerprint density at radius 1 is 0.900 bits per heavy atom. The predicted octanol–water partition coefficient (Wildman–Crippen LogP) is 2.75. The summed E-state index contributed by atoms with van der Waals surface area (Å²) in [6, 6.07) is 16.6. The van der Waals surface area contributed by atoms with Crippen LogP contribution >= 0.6 is 0 Å². The molecular weight excluding hydrogens is 250 g/mol. The van der Waals surface area contributed by atoms with Gasteiger partial charge < -0.3 is 5.32 Å². The van der Waals surface area contributed by atoms with E-state index in [1.807, 2.05) is 49.4 Å². The molecular formula is C17H17NO2. The van der Waals surface area contributed by atoms with E-state index in [9.17, 15) is 9.59 Å². The van der Waals surface area contributed by atoms with Gasteiger partial charge in [0.05, 0.1) is 0 Å². The van der Waals surface area contributed by atoms with Gasteiger partial charge in [0.2, 0.25) is 5.78 Å². The molecule has 1 amide bonds. The summed E-state index contributed by atoms with van der Waals surface area (Å²) in [6.45, 7) is 2.40. The summed E-state index contributed by atoms with van der Waals surface area (Å²) in [4.78, 5) is 23.8. The Hall–Kier alpha value is -2.42. The third-order valence-electron chi connectivity index (χ3n) is 3.13. The molecule has 0 aliphatic carbocycles. The average molecular weight is 267 g/mol. The molecule has 0 aliphatic heterocycles. The van der Waals surface area contributed by atoms with Crippen molar-refractivity contribution < 1.29 is 9.59 Å². The predicted molar refractivity (Wildman–Crippen MR) is 78.4 cm³/mol. The molecule has 0 spiro atoms. The number of ketones is 1. The van der Waals surface area contributed by atoms with Crippen molar-refractivity contribution in [1.29, 1.82) is 0 Å². The van der Waals surface area contributed by atoms with Crippen molar-refractivity contribution >= 4 is 11.7 Å². The average Bonchev–Trinajstić information content (AvgIpc) is 2.53. The molecule has 0 saturated carbocycles. The smallest absolute Gasteiger partial charge is 0.292 e. The standard InChI is InChI=1S/C17H17NO2/c1-2-13-8-10-15(11-9-13)16(19)17(20)18-12-14-6-4-3-5-7-14/h3-11H,2,12H2,1H3,(H,18,20). The topological polar surface area (TPSA) is 46.2 Å². The van der Waals surface area contributed by atoms with Crippen LogP contribution in [-0.4, -0.2) is 11.7 Å². The number of benzene rings is 2. The second-order valence-corrected chi connectivity index (χ2v) is 4.55. The fourth-order valence-corrected chi connectivity index (χ4v) is 1.88. The molecule has 3 nitrogen and oxygen atoms in total. The van der Waals surface area contributed by atoms with Crippen molar-refractivity contribution in [2.24, 2.45) is 0 Å². The highest BCUT2D eigenvalue weighted by Gasteiger charge is 2.15. The van der Waals surface area contributed by atoms with Gasteiger partial charge in [0.1, 0.15) is 0 Å². The Bertz CT molecular complexity index is 588. The van der Waals surface area contributed by atoms with E-state index in [4.69, 9.17) is 0 Å². The molecule has 0 aromatic heterocycles. The summed E-state index contributed by atoms with van der Waals surface area (Å²) in [7, 11) is 0. The number of aryl methyl sites for hydroxylation is 1. The van der Waals surface area contributed by atoms with Crippen molar-refractivity contribution in [3.8, 4) is 0 Å². The molecule has 0 atom stereocenters. The molecule has 0 bridgehead atoms. The van der Waals surface area contributed by atoms with Crippen LogP contribution in [-0.2, 0) is 17.8 Å². The van der Waals surface area contributed by atoms with Gasteiger partial charge in [-0.15, -0.1) is 0 Å². The van der Waals surface area contributed by atoms with Crippen molar-refractivity contribution in [1.82, 2.24) is 5.32 Å². The van der Waals surface area contributed by atoms with Gasteiger partial charge >= 0.3 is 0 Å². The molecule has 0 fully saturated rings. The first-order chi connectivity index (χ1) is 9.70. The summed E-state index contributed by atoms with van der Waals surface area (Å²) < 4.78 is 0. The summed E-state index contributed by atoms with van der Waals surface area (Å²) in [6.07, 6.45) is 0.911. The molecule has 0 unspecified atom stereocenters. The maximum absolute atomic E-state index is 12.0. The van der Waals surface area contributed by atoms with Crippen molar-refractivity contribution in [2.45, 2.75) is 19.9 Å². The second kappa shape index (κ2) is 6.66. The van der Waals surface area contributed by atoms with E-state index in [-0.39, 0.29) is 0 Å². The number of rotatable bonds is 5. The molecule has 102 valence electrons. The maximum atomic E-state index is 12.0. The molecule has 2 rings (SSSR count). The number of hydrogen-bond acceptors (Lipinski definition) is 2. The van der Waals surface area contributed by atoms with E-state index in [1.54, 1.807) is 12.1 Å². The Morgan fingerprint density at radius 2 is 1.55 bits per heavy atom. The zero-order chi connectivity index (χ0) is 14.4. The number of hydrogen-bond donors (Lipinski definition) is 1. The lowest BCUT2D eigenvalue weighted by molar-refractivity contribution is -0.117. The molecule has 0 radical (unpaired) electrons. The van der Waals surface area contributed by atoms with Gasteiger partial charge in [0.15, 0.2) is 0 Å². The number of carbonyl (C=O) groups is 2.